The van der Waals surface area contributed by atoms with Crippen LogP contribution in [0.1, 0.15) is 12.5 Å². The van der Waals surface area contributed by atoms with Crippen molar-refractivity contribution < 1.29 is 0 Å². The summed E-state index contributed by atoms with van der Waals surface area (Å²) < 4.78 is 2.78. The molecule has 0 saturated carbocycles. The molecule has 16 heavy (non-hydrogen) atoms. The van der Waals surface area contributed by atoms with Crippen LogP contribution in [0.2, 0.25) is 0 Å². The third-order valence-electron chi connectivity index (χ3n) is 2.18. The van der Waals surface area contributed by atoms with Crippen molar-refractivity contribution in [2.75, 3.05) is 5.43 Å². The number of hydrogen-bond donors (Lipinski definition) is 2. The third kappa shape index (κ3) is 2.00. The van der Waals surface area contributed by atoms with E-state index in [2.05, 4.69) is 43.1 Å². The molecule has 2 heterocycles. The van der Waals surface area contributed by atoms with E-state index in [1.54, 1.807) is 10.9 Å². The van der Waals surface area contributed by atoms with Crippen LogP contribution >= 0.6 is 22.6 Å². The van der Waals surface area contributed by atoms with Crippen molar-refractivity contribution in [3.05, 3.63) is 27.9 Å². The number of hydrogen-bond acceptors (Lipinski definition) is 5. The maximum Gasteiger partial charge on any atom is 0.162 e. The molecule has 0 spiro atoms. The Morgan fingerprint density at radius 1 is 1.50 bits per heavy atom. The Hall–Kier alpha value is -1.22. The first kappa shape index (κ1) is 11.3. The number of anilines is 1. The summed E-state index contributed by atoms with van der Waals surface area (Å²) >= 11 is 2.20. The fourth-order valence-electron chi connectivity index (χ4n) is 1.47. The SMILES string of the molecule is CCc1c(NN)ncnc1-n1cc(I)cn1. The molecule has 0 saturated heterocycles. The second kappa shape index (κ2) is 4.74. The Morgan fingerprint density at radius 2 is 2.31 bits per heavy atom. The first-order valence-electron chi connectivity index (χ1n) is 4.77. The fourth-order valence-corrected chi connectivity index (χ4v) is 1.86. The Kier molecular flexibility index (Phi) is 3.34. The predicted molar refractivity (Wildman–Crippen MR) is 69.1 cm³/mol. The van der Waals surface area contributed by atoms with Crippen molar-refractivity contribution in [2.24, 2.45) is 5.84 Å². The molecule has 2 rings (SSSR count). The minimum atomic E-state index is 0.637. The van der Waals surface area contributed by atoms with Gasteiger partial charge in [0, 0.05) is 11.8 Å². The monoisotopic (exact) mass is 330 g/mol. The highest BCUT2D eigenvalue weighted by molar-refractivity contribution is 14.1. The lowest BCUT2D eigenvalue weighted by Crippen LogP contribution is -2.14. The molecule has 0 unspecified atom stereocenters. The topological polar surface area (TPSA) is 81.6 Å². The van der Waals surface area contributed by atoms with Gasteiger partial charge in [-0.15, -0.1) is 0 Å². The van der Waals surface area contributed by atoms with Gasteiger partial charge in [0.25, 0.3) is 0 Å². The van der Waals surface area contributed by atoms with Crippen LogP contribution in [0.5, 0.6) is 0 Å². The van der Waals surface area contributed by atoms with E-state index >= 15 is 0 Å². The van der Waals surface area contributed by atoms with Crippen LogP contribution in [0.15, 0.2) is 18.7 Å². The molecule has 2 aromatic heterocycles. The summed E-state index contributed by atoms with van der Waals surface area (Å²) in [5.74, 6) is 6.80. The highest BCUT2D eigenvalue weighted by Gasteiger charge is 2.11. The van der Waals surface area contributed by atoms with E-state index in [1.807, 2.05) is 13.1 Å². The predicted octanol–water partition coefficient (Wildman–Crippen LogP) is 1.11. The summed E-state index contributed by atoms with van der Waals surface area (Å²) in [5, 5.41) is 4.22. The number of nitrogens with one attached hydrogen (secondary N) is 1. The number of nitrogen functional groups attached to an aromatic ring is 1. The van der Waals surface area contributed by atoms with Crippen LogP contribution in [-0.2, 0) is 6.42 Å². The Labute approximate surface area is 106 Å². The summed E-state index contributed by atoms with van der Waals surface area (Å²) in [7, 11) is 0. The lowest BCUT2D eigenvalue weighted by Gasteiger charge is -2.10. The third-order valence-corrected chi connectivity index (χ3v) is 2.74. The van der Waals surface area contributed by atoms with Crippen LogP contribution in [0.25, 0.3) is 5.82 Å². The zero-order chi connectivity index (χ0) is 11.5. The summed E-state index contributed by atoms with van der Waals surface area (Å²) in [5.41, 5.74) is 3.52. The fraction of sp³-hybridized carbons (Fsp3) is 0.222. The standard InChI is InChI=1S/C9H11IN6/c1-2-7-8(15-11)12-5-13-9(7)16-4-6(10)3-14-16/h3-5H,2,11H2,1H3,(H,12,13,15). The molecule has 0 radical (unpaired) electrons. The van der Waals surface area contributed by atoms with Gasteiger partial charge in [-0.3, -0.25) is 0 Å². The summed E-state index contributed by atoms with van der Waals surface area (Å²) in [6, 6.07) is 0. The highest BCUT2D eigenvalue weighted by atomic mass is 127. The van der Waals surface area contributed by atoms with Gasteiger partial charge in [0.2, 0.25) is 0 Å². The van der Waals surface area contributed by atoms with Crippen molar-refractivity contribution in [3.8, 4) is 5.82 Å². The molecule has 0 amide bonds. The number of nitrogens with zero attached hydrogens (tertiary/aromatic N) is 4. The lowest BCUT2D eigenvalue weighted by molar-refractivity contribution is 0.818. The van der Waals surface area contributed by atoms with Gasteiger partial charge in [-0.05, 0) is 29.0 Å². The Bertz CT molecular complexity index is 494. The van der Waals surface area contributed by atoms with Gasteiger partial charge in [-0.1, -0.05) is 6.92 Å². The average Bonchev–Trinajstić information content (AvgIpc) is 2.74. The molecule has 84 valence electrons. The van der Waals surface area contributed by atoms with Crippen molar-refractivity contribution in [3.63, 3.8) is 0 Å². The quantitative estimate of drug-likeness (QED) is 0.501. The van der Waals surface area contributed by atoms with Crippen molar-refractivity contribution in [1.82, 2.24) is 19.7 Å². The van der Waals surface area contributed by atoms with Gasteiger partial charge >= 0.3 is 0 Å². The van der Waals surface area contributed by atoms with Crippen LogP contribution < -0.4 is 11.3 Å². The van der Waals surface area contributed by atoms with Gasteiger partial charge in [0.15, 0.2) is 5.82 Å². The minimum absolute atomic E-state index is 0.637. The zero-order valence-electron chi connectivity index (χ0n) is 8.68. The van der Waals surface area contributed by atoms with E-state index < -0.39 is 0 Å². The summed E-state index contributed by atoms with van der Waals surface area (Å²) in [4.78, 5) is 8.30. The van der Waals surface area contributed by atoms with Crippen molar-refractivity contribution in [2.45, 2.75) is 13.3 Å². The van der Waals surface area contributed by atoms with E-state index in [-0.39, 0.29) is 0 Å². The molecule has 0 fully saturated rings. The molecule has 0 atom stereocenters. The molecule has 6 nitrogen and oxygen atoms in total. The van der Waals surface area contributed by atoms with E-state index in [9.17, 15) is 0 Å². The maximum absolute atomic E-state index is 5.41. The van der Waals surface area contributed by atoms with Crippen LogP contribution in [0.3, 0.4) is 0 Å². The van der Waals surface area contributed by atoms with E-state index in [1.165, 1.54) is 6.33 Å². The first-order valence-corrected chi connectivity index (χ1v) is 5.85. The molecule has 0 aliphatic heterocycles. The minimum Gasteiger partial charge on any atom is -0.308 e. The average molecular weight is 330 g/mol. The Balaban J connectivity index is 2.56. The molecule has 3 N–H and O–H groups in total. The highest BCUT2D eigenvalue weighted by Crippen LogP contribution is 2.18. The van der Waals surface area contributed by atoms with Gasteiger partial charge in [-0.2, -0.15) is 5.10 Å². The largest absolute Gasteiger partial charge is 0.308 e. The maximum atomic E-state index is 5.41. The molecule has 0 aromatic carbocycles. The number of aromatic nitrogens is 4. The van der Waals surface area contributed by atoms with E-state index in [0.29, 0.717) is 5.82 Å². The van der Waals surface area contributed by atoms with Gasteiger partial charge in [0.05, 0.1) is 9.77 Å². The molecular formula is C9H11IN6. The lowest BCUT2D eigenvalue weighted by atomic mass is 10.2. The number of halogens is 1. The summed E-state index contributed by atoms with van der Waals surface area (Å²) in [6.07, 6.45) is 5.93. The summed E-state index contributed by atoms with van der Waals surface area (Å²) in [6.45, 7) is 2.03. The van der Waals surface area contributed by atoms with Gasteiger partial charge in [0.1, 0.15) is 12.1 Å². The molecule has 2 aromatic rings. The first-order chi connectivity index (χ1) is 7.76. The number of nitrogens with two attached hydrogens (primary N) is 1. The molecule has 0 aliphatic carbocycles. The normalized spacial score (nSPS) is 10.4. The number of hydrazine groups is 1. The van der Waals surface area contributed by atoms with Crippen molar-refractivity contribution in [1.29, 1.82) is 0 Å². The van der Waals surface area contributed by atoms with Crippen molar-refractivity contribution >= 4 is 28.4 Å². The number of rotatable bonds is 3. The van der Waals surface area contributed by atoms with E-state index in [0.717, 1.165) is 21.4 Å². The second-order valence-corrected chi connectivity index (χ2v) is 4.37. The van der Waals surface area contributed by atoms with Crippen LogP contribution in [-0.4, -0.2) is 19.7 Å². The van der Waals surface area contributed by atoms with Crippen LogP contribution in [0.4, 0.5) is 5.82 Å². The zero-order valence-corrected chi connectivity index (χ0v) is 10.8. The molecule has 0 bridgehead atoms. The smallest absolute Gasteiger partial charge is 0.162 e. The molecule has 7 heteroatoms. The second-order valence-electron chi connectivity index (χ2n) is 3.13. The molecular weight excluding hydrogens is 319 g/mol. The Morgan fingerprint density at radius 3 is 2.88 bits per heavy atom. The van der Waals surface area contributed by atoms with E-state index in [4.69, 9.17) is 5.84 Å². The molecule has 0 aliphatic rings. The van der Waals surface area contributed by atoms with Crippen LogP contribution in [0, 0.1) is 3.57 Å². The van der Waals surface area contributed by atoms with Gasteiger partial charge in [-0.25, -0.2) is 20.5 Å². The van der Waals surface area contributed by atoms with Gasteiger partial charge < -0.3 is 5.43 Å².